The van der Waals surface area contributed by atoms with Gasteiger partial charge in [0.1, 0.15) is 19.0 Å². The van der Waals surface area contributed by atoms with Gasteiger partial charge in [-0.3, -0.25) is 19.2 Å². The van der Waals surface area contributed by atoms with Crippen molar-refractivity contribution in [1.82, 2.24) is 20.1 Å². The van der Waals surface area contributed by atoms with Crippen LogP contribution in [0.5, 0.6) is 6.01 Å². The van der Waals surface area contributed by atoms with Gasteiger partial charge in [-0.1, -0.05) is 6.92 Å². The lowest BCUT2D eigenvalue weighted by atomic mass is 9.97. The number of carbonyl (C=O) groups is 4. The molecule has 16 heteroatoms. The van der Waals surface area contributed by atoms with E-state index in [2.05, 4.69) is 20.7 Å². The monoisotopic (exact) mass is 607 g/mol. The highest BCUT2D eigenvalue weighted by Gasteiger charge is 2.52. The average molecular weight is 608 g/mol. The van der Waals surface area contributed by atoms with Crippen LogP contribution >= 0.6 is 12.2 Å². The van der Waals surface area contributed by atoms with E-state index >= 15 is 0 Å². The van der Waals surface area contributed by atoms with Crippen molar-refractivity contribution < 1.29 is 47.6 Å². The second kappa shape index (κ2) is 15.1. The van der Waals surface area contributed by atoms with Crippen LogP contribution in [0.3, 0.4) is 0 Å². The topological polar surface area (TPSA) is 178 Å². The normalized spacial score (nSPS) is 21.4. The maximum Gasteiger partial charge on any atom is 0.335 e. The molecule has 1 aliphatic rings. The van der Waals surface area contributed by atoms with Crippen molar-refractivity contribution in [3.63, 3.8) is 0 Å². The summed E-state index contributed by atoms with van der Waals surface area (Å²) >= 11 is 5.46. The molecule has 0 radical (unpaired) electrons. The van der Waals surface area contributed by atoms with Gasteiger partial charge >= 0.3 is 29.9 Å². The summed E-state index contributed by atoms with van der Waals surface area (Å²) in [6.07, 6.45) is -3.85. The van der Waals surface area contributed by atoms with E-state index in [1.165, 1.54) is 13.3 Å². The van der Waals surface area contributed by atoms with Crippen LogP contribution in [0.25, 0.3) is 5.69 Å². The van der Waals surface area contributed by atoms with Gasteiger partial charge in [-0.25, -0.2) is 4.68 Å². The van der Waals surface area contributed by atoms with Gasteiger partial charge in [-0.2, -0.15) is 4.98 Å². The molecule has 1 aliphatic heterocycles. The third kappa shape index (κ3) is 9.37. The van der Waals surface area contributed by atoms with E-state index < -0.39 is 54.5 Å². The van der Waals surface area contributed by atoms with Crippen molar-refractivity contribution in [3.05, 3.63) is 30.6 Å². The number of nitrogens with one attached hydrogen (secondary N) is 2. The van der Waals surface area contributed by atoms with Crippen molar-refractivity contribution in [2.45, 2.75) is 71.7 Å². The summed E-state index contributed by atoms with van der Waals surface area (Å²) in [4.78, 5) is 51.5. The third-order valence-corrected chi connectivity index (χ3v) is 5.78. The van der Waals surface area contributed by atoms with Gasteiger partial charge in [0.05, 0.1) is 12.3 Å². The number of rotatable bonds is 11. The van der Waals surface area contributed by atoms with E-state index in [-0.39, 0.29) is 17.7 Å². The first kappa shape index (κ1) is 32.2. The predicted octanol–water partition coefficient (Wildman–Crippen LogP) is 1.43. The van der Waals surface area contributed by atoms with Crippen molar-refractivity contribution in [1.29, 1.82) is 0 Å². The van der Waals surface area contributed by atoms with E-state index in [0.717, 1.165) is 32.9 Å². The van der Waals surface area contributed by atoms with Crippen LogP contribution < -0.4 is 15.4 Å². The summed E-state index contributed by atoms with van der Waals surface area (Å²) in [5.41, 5.74) is 1.31. The van der Waals surface area contributed by atoms with Gasteiger partial charge < -0.3 is 39.1 Å². The van der Waals surface area contributed by atoms with Crippen molar-refractivity contribution >= 4 is 46.9 Å². The number of thiocarbonyl (C=S) groups is 1. The molecule has 3 rings (SSSR count). The standard InChI is InChI=1S/C26H33N5O10S/c1-6-11-36-25-27-13-31(30-25)19-9-7-18(8-10-19)28-26(42)29-24-23(40-17(5)35)22(39-16(4)34)21(38-15(3)33)20(41-24)12-37-14(2)32/h7-10,13,20-24H,6,11-12H2,1-5H3,(H2,28,29,42)/t20-,21-,22+,23-,24-/m1/s1. The van der Waals surface area contributed by atoms with Crippen molar-refractivity contribution in [2.75, 3.05) is 18.5 Å². The molecule has 5 atom stereocenters. The lowest BCUT2D eigenvalue weighted by molar-refractivity contribution is -0.254. The van der Waals surface area contributed by atoms with Crippen LogP contribution in [-0.2, 0) is 42.9 Å². The Morgan fingerprint density at radius 3 is 2.14 bits per heavy atom. The number of benzene rings is 1. The lowest BCUT2D eigenvalue weighted by Crippen LogP contribution is -2.66. The Morgan fingerprint density at radius 1 is 0.929 bits per heavy atom. The van der Waals surface area contributed by atoms with Crippen LogP contribution in [0.4, 0.5) is 5.69 Å². The van der Waals surface area contributed by atoms with Gasteiger partial charge in [-0.05, 0) is 42.9 Å². The number of hydrogen-bond acceptors (Lipinski definition) is 13. The first-order valence-corrected chi connectivity index (χ1v) is 13.4. The van der Waals surface area contributed by atoms with Gasteiger partial charge in [0, 0.05) is 33.4 Å². The molecular weight excluding hydrogens is 574 g/mol. The van der Waals surface area contributed by atoms with E-state index in [1.54, 1.807) is 28.9 Å². The maximum atomic E-state index is 12.0. The summed E-state index contributed by atoms with van der Waals surface area (Å²) in [5.74, 6) is -2.80. The third-order valence-electron chi connectivity index (χ3n) is 5.56. The number of anilines is 1. The molecule has 0 saturated carbocycles. The summed E-state index contributed by atoms with van der Waals surface area (Å²) < 4.78 is 34.3. The second-order valence-corrected chi connectivity index (χ2v) is 9.49. The first-order valence-electron chi connectivity index (χ1n) is 13.0. The minimum atomic E-state index is -1.32. The molecule has 0 amide bonds. The van der Waals surface area contributed by atoms with E-state index in [9.17, 15) is 19.2 Å². The molecule has 42 heavy (non-hydrogen) atoms. The molecule has 0 aliphatic carbocycles. The zero-order valence-electron chi connectivity index (χ0n) is 23.7. The molecule has 0 bridgehead atoms. The lowest BCUT2D eigenvalue weighted by Gasteiger charge is -2.44. The Balaban J connectivity index is 1.78. The van der Waals surface area contributed by atoms with Gasteiger partial charge in [0.2, 0.25) is 0 Å². The highest BCUT2D eigenvalue weighted by molar-refractivity contribution is 7.80. The number of carbonyl (C=O) groups excluding carboxylic acids is 4. The van der Waals surface area contributed by atoms with E-state index in [0.29, 0.717) is 12.3 Å². The molecular formula is C26H33N5O10S. The Bertz CT molecular complexity index is 1270. The number of aromatic nitrogens is 3. The summed E-state index contributed by atoms with van der Waals surface area (Å²) in [5, 5.41) is 10.2. The molecule has 1 saturated heterocycles. The molecule has 2 aromatic rings. The Labute approximate surface area is 247 Å². The average Bonchev–Trinajstić information content (AvgIpc) is 3.38. The SMILES string of the molecule is CCCOc1ncn(-c2ccc(NC(=S)N[C@@H]3O[C@H](COC(C)=O)[C@@H](OC(C)=O)[C@H](OC(C)=O)[C@H]3OC(C)=O)cc2)n1. The van der Waals surface area contributed by atoms with E-state index in [4.69, 9.17) is 40.6 Å². The van der Waals surface area contributed by atoms with E-state index in [1.807, 2.05) is 6.92 Å². The molecule has 0 spiro atoms. The Hall–Kier alpha value is -4.31. The van der Waals surface area contributed by atoms with Crippen LogP contribution in [0, 0.1) is 0 Å². The fourth-order valence-corrected chi connectivity index (χ4v) is 4.20. The molecule has 0 unspecified atom stereocenters. The highest BCUT2D eigenvalue weighted by atomic mass is 32.1. The Kier molecular flexibility index (Phi) is 11.6. The zero-order chi connectivity index (χ0) is 30.8. The van der Waals surface area contributed by atoms with Gasteiger partial charge in [-0.15, -0.1) is 5.10 Å². The summed E-state index contributed by atoms with van der Waals surface area (Å²) in [6.45, 7) is 6.77. The summed E-state index contributed by atoms with van der Waals surface area (Å²) in [6, 6.07) is 7.30. The number of nitrogens with zero attached hydrogens (tertiary/aromatic N) is 3. The molecule has 2 N–H and O–H groups in total. The number of hydrogen-bond donors (Lipinski definition) is 2. The predicted molar refractivity (Wildman–Crippen MR) is 148 cm³/mol. The molecule has 1 aromatic heterocycles. The van der Waals surface area contributed by atoms with Gasteiger partial charge in [0.15, 0.2) is 29.7 Å². The van der Waals surface area contributed by atoms with Crippen LogP contribution in [0.1, 0.15) is 41.0 Å². The molecule has 1 fully saturated rings. The second-order valence-electron chi connectivity index (χ2n) is 9.09. The first-order chi connectivity index (χ1) is 20.0. The highest BCUT2D eigenvalue weighted by Crippen LogP contribution is 2.28. The largest absolute Gasteiger partial charge is 0.463 e. The molecule has 1 aromatic carbocycles. The fourth-order valence-electron chi connectivity index (χ4n) is 3.97. The molecule has 228 valence electrons. The minimum absolute atomic E-state index is 0.0552. The zero-order valence-corrected chi connectivity index (χ0v) is 24.5. The van der Waals surface area contributed by atoms with Crippen molar-refractivity contribution in [2.24, 2.45) is 0 Å². The number of ether oxygens (including phenoxy) is 6. The van der Waals surface area contributed by atoms with Crippen LogP contribution in [-0.4, -0.2) is 87.6 Å². The number of esters is 4. The Morgan fingerprint density at radius 2 is 1.55 bits per heavy atom. The smallest absolute Gasteiger partial charge is 0.335 e. The molecule has 2 heterocycles. The minimum Gasteiger partial charge on any atom is -0.463 e. The van der Waals surface area contributed by atoms with Gasteiger partial charge in [0.25, 0.3) is 0 Å². The summed E-state index contributed by atoms with van der Waals surface area (Å²) in [7, 11) is 0. The van der Waals surface area contributed by atoms with Crippen LogP contribution in [0.2, 0.25) is 0 Å². The van der Waals surface area contributed by atoms with Crippen LogP contribution in [0.15, 0.2) is 30.6 Å². The fraction of sp³-hybridized carbons (Fsp3) is 0.500. The van der Waals surface area contributed by atoms with Crippen molar-refractivity contribution in [3.8, 4) is 11.7 Å². The molecule has 15 nitrogen and oxygen atoms in total. The quantitative estimate of drug-likeness (QED) is 0.213. The maximum absolute atomic E-state index is 12.0.